The third-order valence-electron chi connectivity index (χ3n) is 3.54. The fourth-order valence-corrected chi connectivity index (χ4v) is 2.44. The molecule has 104 valence electrons. The Morgan fingerprint density at radius 3 is 2.53 bits per heavy atom. The molecule has 0 unspecified atom stereocenters. The first-order chi connectivity index (χ1) is 9.13. The maximum atomic E-state index is 11.7. The van der Waals surface area contributed by atoms with Crippen LogP contribution in [0, 0.1) is 5.92 Å². The number of anilines is 1. The molecule has 1 aliphatic rings. The SMILES string of the molecule is CC1CCC(OC(=O)CNc2ccc(Cl)cc2)CC1. The lowest BCUT2D eigenvalue weighted by Crippen LogP contribution is -2.27. The molecule has 0 heterocycles. The molecule has 1 saturated carbocycles. The lowest BCUT2D eigenvalue weighted by molar-refractivity contribution is -0.148. The minimum atomic E-state index is -0.186. The highest BCUT2D eigenvalue weighted by Crippen LogP contribution is 2.25. The molecule has 0 atom stereocenters. The zero-order valence-electron chi connectivity index (χ0n) is 11.2. The molecule has 1 N–H and O–H groups in total. The lowest BCUT2D eigenvalue weighted by Gasteiger charge is -2.26. The summed E-state index contributed by atoms with van der Waals surface area (Å²) in [7, 11) is 0. The summed E-state index contributed by atoms with van der Waals surface area (Å²) < 4.78 is 5.46. The summed E-state index contributed by atoms with van der Waals surface area (Å²) in [5.74, 6) is 0.580. The van der Waals surface area contributed by atoms with Crippen molar-refractivity contribution in [2.75, 3.05) is 11.9 Å². The zero-order valence-corrected chi connectivity index (χ0v) is 12.0. The summed E-state index contributed by atoms with van der Waals surface area (Å²) in [4.78, 5) is 11.7. The number of carbonyl (C=O) groups excluding carboxylic acids is 1. The standard InChI is InChI=1S/C15H20ClNO2/c1-11-2-8-14(9-3-11)19-15(18)10-17-13-6-4-12(16)5-7-13/h4-7,11,14,17H,2-3,8-10H2,1H3. The van der Waals surface area contributed by atoms with E-state index >= 15 is 0 Å². The summed E-state index contributed by atoms with van der Waals surface area (Å²) in [5, 5.41) is 3.72. The van der Waals surface area contributed by atoms with Crippen LogP contribution in [0.15, 0.2) is 24.3 Å². The van der Waals surface area contributed by atoms with Crippen LogP contribution in [-0.4, -0.2) is 18.6 Å². The molecule has 19 heavy (non-hydrogen) atoms. The highest BCUT2D eigenvalue weighted by atomic mass is 35.5. The molecule has 4 heteroatoms. The van der Waals surface area contributed by atoms with Gasteiger partial charge in [-0.2, -0.15) is 0 Å². The van der Waals surface area contributed by atoms with Gasteiger partial charge in [0.1, 0.15) is 12.6 Å². The van der Waals surface area contributed by atoms with Gasteiger partial charge in [-0.25, -0.2) is 0 Å². The van der Waals surface area contributed by atoms with Crippen LogP contribution < -0.4 is 5.32 Å². The number of esters is 1. The second kappa shape index (κ2) is 6.80. The van der Waals surface area contributed by atoms with E-state index in [-0.39, 0.29) is 18.6 Å². The Balaban J connectivity index is 1.71. The number of carbonyl (C=O) groups is 1. The Morgan fingerprint density at radius 1 is 1.26 bits per heavy atom. The van der Waals surface area contributed by atoms with Crippen LogP contribution in [0.3, 0.4) is 0 Å². The van der Waals surface area contributed by atoms with E-state index in [0.717, 1.165) is 37.3 Å². The van der Waals surface area contributed by atoms with E-state index in [1.54, 1.807) is 12.1 Å². The van der Waals surface area contributed by atoms with E-state index in [9.17, 15) is 4.79 Å². The maximum Gasteiger partial charge on any atom is 0.325 e. The van der Waals surface area contributed by atoms with E-state index in [0.29, 0.717) is 5.02 Å². The second-order valence-electron chi connectivity index (χ2n) is 5.23. The maximum absolute atomic E-state index is 11.7. The normalized spacial score (nSPS) is 22.8. The first-order valence-electron chi connectivity index (χ1n) is 6.82. The van der Waals surface area contributed by atoms with E-state index < -0.39 is 0 Å². The molecule has 0 amide bonds. The number of rotatable bonds is 4. The Morgan fingerprint density at radius 2 is 1.89 bits per heavy atom. The number of benzene rings is 1. The molecular weight excluding hydrogens is 262 g/mol. The summed E-state index contributed by atoms with van der Waals surface area (Å²) in [6.45, 7) is 2.45. The third-order valence-corrected chi connectivity index (χ3v) is 3.79. The van der Waals surface area contributed by atoms with Crippen LogP contribution in [0.5, 0.6) is 0 Å². The summed E-state index contributed by atoms with van der Waals surface area (Å²) in [5.41, 5.74) is 0.874. The van der Waals surface area contributed by atoms with Gasteiger partial charge in [0.25, 0.3) is 0 Å². The minimum absolute atomic E-state index is 0.107. The smallest absolute Gasteiger partial charge is 0.325 e. The molecular formula is C15H20ClNO2. The minimum Gasteiger partial charge on any atom is -0.461 e. The van der Waals surface area contributed by atoms with Gasteiger partial charge in [-0.05, 0) is 55.9 Å². The van der Waals surface area contributed by atoms with Crippen LogP contribution in [0.25, 0.3) is 0 Å². The van der Waals surface area contributed by atoms with Crippen LogP contribution in [0.2, 0.25) is 5.02 Å². The molecule has 3 nitrogen and oxygen atoms in total. The molecule has 1 fully saturated rings. The topological polar surface area (TPSA) is 38.3 Å². The number of halogens is 1. The molecule has 2 rings (SSSR count). The van der Waals surface area contributed by atoms with Crippen LogP contribution >= 0.6 is 11.6 Å². The van der Waals surface area contributed by atoms with Crippen molar-refractivity contribution < 1.29 is 9.53 Å². The van der Waals surface area contributed by atoms with E-state index in [1.165, 1.54) is 0 Å². The van der Waals surface area contributed by atoms with E-state index in [4.69, 9.17) is 16.3 Å². The molecule has 0 radical (unpaired) electrons. The average molecular weight is 282 g/mol. The third kappa shape index (κ3) is 4.75. The molecule has 0 saturated heterocycles. The molecule has 1 aromatic carbocycles. The number of nitrogens with one attached hydrogen (secondary N) is 1. The zero-order chi connectivity index (χ0) is 13.7. The molecule has 0 aliphatic heterocycles. The number of hydrogen-bond donors (Lipinski definition) is 1. The Bertz CT molecular complexity index is 411. The Kier molecular flexibility index (Phi) is 5.08. The molecule has 1 aromatic rings. The Labute approximate surface area is 119 Å². The van der Waals surface area contributed by atoms with Crippen molar-refractivity contribution in [3.05, 3.63) is 29.3 Å². The van der Waals surface area contributed by atoms with Crippen molar-refractivity contribution in [2.24, 2.45) is 5.92 Å². The van der Waals surface area contributed by atoms with Gasteiger partial charge in [0, 0.05) is 10.7 Å². The van der Waals surface area contributed by atoms with Crippen molar-refractivity contribution in [1.82, 2.24) is 0 Å². The molecule has 1 aliphatic carbocycles. The Hall–Kier alpha value is -1.22. The largest absolute Gasteiger partial charge is 0.461 e. The van der Waals surface area contributed by atoms with Gasteiger partial charge in [-0.1, -0.05) is 18.5 Å². The number of ether oxygens (including phenoxy) is 1. The second-order valence-corrected chi connectivity index (χ2v) is 5.67. The monoisotopic (exact) mass is 281 g/mol. The van der Waals surface area contributed by atoms with Gasteiger partial charge >= 0.3 is 5.97 Å². The van der Waals surface area contributed by atoms with Crippen molar-refractivity contribution >= 4 is 23.3 Å². The molecule has 0 aromatic heterocycles. The molecule has 0 spiro atoms. The highest BCUT2D eigenvalue weighted by molar-refractivity contribution is 6.30. The van der Waals surface area contributed by atoms with Crippen molar-refractivity contribution in [2.45, 2.75) is 38.7 Å². The van der Waals surface area contributed by atoms with Crippen LogP contribution in [-0.2, 0) is 9.53 Å². The fourth-order valence-electron chi connectivity index (χ4n) is 2.32. The van der Waals surface area contributed by atoms with E-state index in [2.05, 4.69) is 12.2 Å². The molecule has 0 bridgehead atoms. The van der Waals surface area contributed by atoms with Gasteiger partial charge in [-0.3, -0.25) is 4.79 Å². The van der Waals surface area contributed by atoms with Gasteiger partial charge in [-0.15, -0.1) is 0 Å². The predicted molar refractivity (Wildman–Crippen MR) is 77.5 cm³/mol. The quantitative estimate of drug-likeness (QED) is 0.852. The fraction of sp³-hybridized carbons (Fsp3) is 0.533. The van der Waals surface area contributed by atoms with Crippen LogP contribution in [0.1, 0.15) is 32.6 Å². The van der Waals surface area contributed by atoms with Crippen molar-refractivity contribution in [3.63, 3.8) is 0 Å². The van der Waals surface area contributed by atoms with Gasteiger partial charge in [0.2, 0.25) is 0 Å². The average Bonchev–Trinajstić information content (AvgIpc) is 2.41. The first kappa shape index (κ1) is 14.2. The predicted octanol–water partition coefficient (Wildman–Crippen LogP) is 3.87. The number of hydrogen-bond acceptors (Lipinski definition) is 3. The lowest BCUT2D eigenvalue weighted by atomic mass is 9.89. The summed E-state index contributed by atoms with van der Waals surface area (Å²) >= 11 is 5.80. The highest BCUT2D eigenvalue weighted by Gasteiger charge is 2.21. The van der Waals surface area contributed by atoms with Crippen molar-refractivity contribution in [3.8, 4) is 0 Å². The van der Waals surface area contributed by atoms with Gasteiger partial charge in [0.05, 0.1) is 0 Å². The summed E-state index contributed by atoms with van der Waals surface area (Å²) in [6.07, 6.45) is 4.41. The van der Waals surface area contributed by atoms with Gasteiger partial charge in [0.15, 0.2) is 0 Å². The van der Waals surface area contributed by atoms with E-state index in [1.807, 2.05) is 12.1 Å². The van der Waals surface area contributed by atoms with Crippen molar-refractivity contribution in [1.29, 1.82) is 0 Å². The summed E-state index contributed by atoms with van der Waals surface area (Å²) in [6, 6.07) is 7.27. The van der Waals surface area contributed by atoms with Gasteiger partial charge < -0.3 is 10.1 Å². The first-order valence-corrected chi connectivity index (χ1v) is 7.20. The van der Waals surface area contributed by atoms with Crippen LogP contribution in [0.4, 0.5) is 5.69 Å².